The number of esters is 1. The summed E-state index contributed by atoms with van der Waals surface area (Å²) >= 11 is 0. The lowest BCUT2D eigenvalue weighted by molar-refractivity contribution is -0.150. The Bertz CT molecular complexity index is 490. The summed E-state index contributed by atoms with van der Waals surface area (Å²) in [7, 11) is 3.18. The van der Waals surface area contributed by atoms with Gasteiger partial charge in [-0.25, -0.2) is 0 Å². The number of hydrogen-bond donors (Lipinski definition) is 0. The molecule has 3 unspecified atom stereocenters. The molecule has 0 spiro atoms. The Morgan fingerprint density at radius 1 is 1.35 bits per heavy atom. The fourth-order valence-corrected chi connectivity index (χ4v) is 3.70. The molecule has 3 rings (SSSR count). The van der Waals surface area contributed by atoms with Gasteiger partial charge in [0.05, 0.1) is 19.1 Å². The number of hydrogen-bond acceptors (Lipinski definition) is 4. The second-order valence-electron chi connectivity index (χ2n) is 5.82. The smallest absolute Gasteiger partial charge is 0.313 e. The second kappa shape index (κ2) is 5.19. The lowest BCUT2D eigenvalue weighted by Crippen LogP contribution is -2.43. The zero-order valence-corrected chi connectivity index (χ0v) is 12.0. The quantitative estimate of drug-likeness (QED) is 0.767. The summed E-state index contributed by atoms with van der Waals surface area (Å²) in [6.07, 6.45) is 0.943. The van der Waals surface area contributed by atoms with E-state index in [2.05, 4.69) is 17.0 Å². The van der Waals surface area contributed by atoms with E-state index in [1.165, 1.54) is 12.7 Å². The first-order chi connectivity index (χ1) is 9.72. The number of carbonyl (C=O) groups is 1. The van der Waals surface area contributed by atoms with Crippen LogP contribution in [0.2, 0.25) is 0 Å². The van der Waals surface area contributed by atoms with Crippen LogP contribution in [0.4, 0.5) is 0 Å². The van der Waals surface area contributed by atoms with Gasteiger partial charge in [0.1, 0.15) is 0 Å². The van der Waals surface area contributed by atoms with Crippen LogP contribution in [0, 0.1) is 11.3 Å². The number of benzene rings is 1. The van der Waals surface area contributed by atoms with Crippen molar-refractivity contribution < 1.29 is 14.3 Å². The van der Waals surface area contributed by atoms with Gasteiger partial charge in [-0.15, -0.1) is 0 Å². The molecule has 3 atom stereocenters. The van der Waals surface area contributed by atoms with Gasteiger partial charge in [-0.3, -0.25) is 9.69 Å². The van der Waals surface area contributed by atoms with Crippen molar-refractivity contribution in [1.82, 2.24) is 4.90 Å². The molecular weight excluding hydrogens is 254 g/mol. The molecule has 1 aromatic carbocycles. The minimum absolute atomic E-state index is 0.0693. The molecule has 0 N–H and O–H groups in total. The summed E-state index contributed by atoms with van der Waals surface area (Å²) in [6.45, 7) is 2.40. The van der Waals surface area contributed by atoms with E-state index < -0.39 is 0 Å². The standard InChI is InChI=1S/C16H21NO3/c1-19-11-14-16(15(18)20-2)8-13(16)10-17(14)9-12-6-4-3-5-7-12/h3-7,13-14H,8-11H2,1-2H3. The molecule has 2 fully saturated rings. The van der Waals surface area contributed by atoms with E-state index in [1.807, 2.05) is 18.2 Å². The largest absolute Gasteiger partial charge is 0.469 e. The monoisotopic (exact) mass is 275 g/mol. The van der Waals surface area contributed by atoms with Crippen LogP contribution in [0.1, 0.15) is 12.0 Å². The third-order valence-corrected chi connectivity index (χ3v) is 4.76. The number of likely N-dealkylation sites (tertiary alicyclic amines) is 1. The number of fused-ring (bicyclic) bond motifs is 1. The summed E-state index contributed by atoms with van der Waals surface area (Å²) in [4.78, 5) is 14.5. The van der Waals surface area contributed by atoms with Crippen LogP contribution in [0.3, 0.4) is 0 Å². The highest BCUT2D eigenvalue weighted by Crippen LogP contribution is 2.62. The van der Waals surface area contributed by atoms with E-state index in [4.69, 9.17) is 9.47 Å². The summed E-state index contributed by atoms with van der Waals surface area (Å²) in [6, 6.07) is 10.5. The molecule has 4 heteroatoms. The fraction of sp³-hybridized carbons (Fsp3) is 0.562. The first-order valence-electron chi connectivity index (χ1n) is 7.07. The zero-order chi connectivity index (χ0) is 14.2. The summed E-state index contributed by atoms with van der Waals surface area (Å²) < 4.78 is 10.4. The fourth-order valence-electron chi connectivity index (χ4n) is 3.70. The molecule has 4 nitrogen and oxygen atoms in total. The molecule has 0 aromatic heterocycles. The lowest BCUT2D eigenvalue weighted by Gasteiger charge is -2.30. The van der Waals surface area contributed by atoms with E-state index in [0.29, 0.717) is 12.5 Å². The maximum Gasteiger partial charge on any atom is 0.313 e. The number of piperidine rings is 1. The van der Waals surface area contributed by atoms with Crippen molar-refractivity contribution in [1.29, 1.82) is 0 Å². The average molecular weight is 275 g/mol. The van der Waals surface area contributed by atoms with Crippen LogP contribution < -0.4 is 0 Å². The molecule has 1 aliphatic heterocycles. The summed E-state index contributed by atoms with van der Waals surface area (Å²) in [5.74, 6) is 0.360. The minimum atomic E-state index is -0.320. The lowest BCUT2D eigenvalue weighted by atomic mass is 9.96. The molecule has 1 aliphatic carbocycles. The van der Waals surface area contributed by atoms with Gasteiger partial charge in [-0.1, -0.05) is 30.3 Å². The van der Waals surface area contributed by atoms with Gasteiger partial charge in [-0.2, -0.15) is 0 Å². The van der Waals surface area contributed by atoms with Crippen molar-refractivity contribution in [3.05, 3.63) is 35.9 Å². The van der Waals surface area contributed by atoms with Crippen molar-refractivity contribution in [3.63, 3.8) is 0 Å². The number of methoxy groups -OCH3 is 2. The Kier molecular flexibility index (Phi) is 3.52. The van der Waals surface area contributed by atoms with E-state index in [1.54, 1.807) is 7.11 Å². The van der Waals surface area contributed by atoms with Crippen molar-refractivity contribution in [3.8, 4) is 0 Å². The number of nitrogens with zero attached hydrogens (tertiary/aromatic N) is 1. The topological polar surface area (TPSA) is 38.8 Å². The molecule has 2 aliphatic rings. The normalized spacial score (nSPS) is 31.9. The first-order valence-corrected chi connectivity index (χ1v) is 7.07. The predicted octanol–water partition coefficient (Wildman–Crippen LogP) is 1.70. The minimum Gasteiger partial charge on any atom is -0.469 e. The average Bonchev–Trinajstić information content (AvgIpc) is 3.12. The molecule has 1 aromatic rings. The van der Waals surface area contributed by atoms with Gasteiger partial charge >= 0.3 is 5.97 Å². The van der Waals surface area contributed by atoms with Gasteiger partial charge < -0.3 is 9.47 Å². The van der Waals surface area contributed by atoms with E-state index >= 15 is 0 Å². The van der Waals surface area contributed by atoms with Crippen molar-refractivity contribution in [2.24, 2.45) is 11.3 Å². The van der Waals surface area contributed by atoms with Crippen LogP contribution in [0.25, 0.3) is 0 Å². The summed E-state index contributed by atoms with van der Waals surface area (Å²) in [5.41, 5.74) is 0.953. The predicted molar refractivity (Wildman–Crippen MR) is 75.1 cm³/mol. The molecule has 0 amide bonds. The highest BCUT2D eigenvalue weighted by molar-refractivity contribution is 5.82. The number of rotatable bonds is 5. The van der Waals surface area contributed by atoms with Crippen LogP contribution in [-0.4, -0.2) is 44.3 Å². The van der Waals surface area contributed by atoms with Crippen molar-refractivity contribution in [2.45, 2.75) is 19.0 Å². The molecule has 1 saturated heterocycles. The molecule has 1 heterocycles. The SMILES string of the molecule is COCC1N(Cc2ccccc2)CC2CC21C(=O)OC. The maximum atomic E-state index is 12.2. The van der Waals surface area contributed by atoms with Crippen LogP contribution >= 0.6 is 0 Å². The van der Waals surface area contributed by atoms with Crippen LogP contribution in [0.15, 0.2) is 30.3 Å². The highest BCUT2D eigenvalue weighted by atomic mass is 16.5. The van der Waals surface area contributed by atoms with Crippen molar-refractivity contribution >= 4 is 5.97 Å². The first kappa shape index (κ1) is 13.6. The van der Waals surface area contributed by atoms with E-state index in [-0.39, 0.29) is 17.4 Å². The Morgan fingerprint density at radius 2 is 2.10 bits per heavy atom. The van der Waals surface area contributed by atoms with Crippen LogP contribution in [0.5, 0.6) is 0 Å². The third-order valence-electron chi connectivity index (χ3n) is 4.76. The Hall–Kier alpha value is -1.39. The number of ether oxygens (including phenoxy) is 2. The number of carbonyl (C=O) groups excluding carboxylic acids is 1. The maximum absolute atomic E-state index is 12.2. The molecular formula is C16H21NO3. The van der Waals surface area contributed by atoms with Gasteiger partial charge in [0.15, 0.2) is 0 Å². The molecule has 1 saturated carbocycles. The van der Waals surface area contributed by atoms with E-state index in [9.17, 15) is 4.79 Å². The third kappa shape index (κ3) is 2.03. The van der Waals surface area contributed by atoms with Gasteiger partial charge in [0.2, 0.25) is 0 Å². The Labute approximate surface area is 119 Å². The highest BCUT2D eigenvalue weighted by Gasteiger charge is 2.71. The molecule has 20 heavy (non-hydrogen) atoms. The van der Waals surface area contributed by atoms with E-state index in [0.717, 1.165) is 19.5 Å². The Morgan fingerprint density at radius 3 is 2.75 bits per heavy atom. The van der Waals surface area contributed by atoms with Crippen molar-refractivity contribution in [2.75, 3.05) is 27.4 Å². The zero-order valence-electron chi connectivity index (χ0n) is 12.0. The summed E-state index contributed by atoms with van der Waals surface area (Å²) in [5, 5.41) is 0. The Balaban J connectivity index is 1.78. The van der Waals surface area contributed by atoms with Crippen LogP contribution in [-0.2, 0) is 20.8 Å². The van der Waals surface area contributed by atoms with Gasteiger partial charge in [-0.05, 0) is 17.9 Å². The molecule has 108 valence electrons. The molecule has 0 radical (unpaired) electrons. The molecule has 0 bridgehead atoms. The van der Waals surface area contributed by atoms with Gasteiger partial charge in [0, 0.05) is 26.2 Å². The second-order valence-corrected chi connectivity index (χ2v) is 5.82. The van der Waals surface area contributed by atoms with Gasteiger partial charge in [0.25, 0.3) is 0 Å².